The quantitative estimate of drug-likeness (QED) is 0.553. The summed E-state index contributed by atoms with van der Waals surface area (Å²) in [7, 11) is 0. The first-order valence-corrected chi connectivity index (χ1v) is 11.7. The van der Waals surface area contributed by atoms with Crippen molar-refractivity contribution in [2.75, 3.05) is 6.61 Å². The lowest BCUT2D eigenvalue weighted by molar-refractivity contribution is -0.190. The average molecular weight is 417 g/mol. The molecule has 3 saturated carbocycles. The van der Waals surface area contributed by atoms with Crippen molar-refractivity contribution < 1.29 is 24.2 Å². The van der Waals surface area contributed by atoms with E-state index in [0.29, 0.717) is 36.9 Å². The highest BCUT2D eigenvalue weighted by molar-refractivity contribution is 5.92. The van der Waals surface area contributed by atoms with Gasteiger partial charge in [0.25, 0.3) is 0 Å². The van der Waals surface area contributed by atoms with E-state index in [1.165, 1.54) is 5.57 Å². The van der Waals surface area contributed by atoms with Crippen LogP contribution in [0.15, 0.2) is 11.6 Å². The molecule has 7 atom stereocenters. The van der Waals surface area contributed by atoms with Gasteiger partial charge in [0.15, 0.2) is 5.60 Å². The largest absolute Gasteiger partial charge is 0.450 e. The van der Waals surface area contributed by atoms with Crippen LogP contribution < -0.4 is 0 Å². The van der Waals surface area contributed by atoms with E-state index in [9.17, 15) is 19.5 Å². The molecule has 166 valence electrons. The summed E-state index contributed by atoms with van der Waals surface area (Å²) < 4.78 is 5.99. The highest BCUT2D eigenvalue weighted by Crippen LogP contribution is 2.68. The van der Waals surface area contributed by atoms with Gasteiger partial charge in [0, 0.05) is 30.6 Å². The lowest BCUT2D eigenvalue weighted by Crippen LogP contribution is -2.60. The number of carbonyl (C=O) groups excluding carboxylic acids is 3. The summed E-state index contributed by atoms with van der Waals surface area (Å²) in [6.45, 7) is 7.58. The Balaban J connectivity index is 1.77. The summed E-state index contributed by atoms with van der Waals surface area (Å²) in [5, 5.41) is 9.83. The van der Waals surface area contributed by atoms with Crippen molar-refractivity contribution in [1.82, 2.24) is 0 Å². The van der Waals surface area contributed by atoms with Gasteiger partial charge in [-0.15, -0.1) is 0 Å². The molecule has 0 spiro atoms. The number of ketones is 2. The van der Waals surface area contributed by atoms with Crippen LogP contribution in [0.4, 0.5) is 0 Å². The predicted octanol–water partition coefficient (Wildman–Crippen LogP) is 4.02. The molecule has 0 aliphatic heterocycles. The van der Waals surface area contributed by atoms with E-state index in [1.54, 1.807) is 6.92 Å². The Morgan fingerprint density at radius 3 is 2.67 bits per heavy atom. The molecular weight excluding hydrogens is 380 g/mol. The Hall–Kier alpha value is -1.49. The lowest BCUT2D eigenvalue weighted by atomic mass is 9.48. The SMILES string of the molecule is CCC(=O)O[C@]1(C(=O)CO)[C@H](C)C[C@H]2[C@@H]3CC[C@H]4CC(=O)CC[C@]4(C)C3=CC[C@@]21C. The zero-order chi connectivity index (χ0) is 21.9. The molecule has 1 N–H and O–H groups in total. The fourth-order valence-corrected chi connectivity index (χ4v) is 7.88. The van der Waals surface area contributed by atoms with Crippen molar-refractivity contribution in [3.05, 3.63) is 11.6 Å². The number of aliphatic hydroxyl groups excluding tert-OH is 1. The first kappa shape index (κ1) is 21.7. The number of allylic oxidation sites excluding steroid dienone is 2. The average Bonchev–Trinajstić information content (AvgIpc) is 2.95. The molecule has 30 heavy (non-hydrogen) atoms. The maximum Gasteiger partial charge on any atom is 0.306 e. The molecule has 0 aromatic rings. The fourth-order valence-electron chi connectivity index (χ4n) is 7.88. The first-order chi connectivity index (χ1) is 14.1. The van der Waals surface area contributed by atoms with Gasteiger partial charge in [0.1, 0.15) is 12.4 Å². The molecule has 5 nitrogen and oxygen atoms in total. The van der Waals surface area contributed by atoms with E-state index in [2.05, 4.69) is 19.9 Å². The van der Waals surface area contributed by atoms with Crippen LogP contribution in [-0.4, -0.2) is 34.9 Å². The maximum atomic E-state index is 13.2. The van der Waals surface area contributed by atoms with Gasteiger partial charge >= 0.3 is 5.97 Å². The molecule has 3 fully saturated rings. The summed E-state index contributed by atoms with van der Waals surface area (Å²) in [6, 6.07) is 0. The van der Waals surface area contributed by atoms with Gasteiger partial charge in [-0.1, -0.05) is 39.3 Å². The van der Waals surface area contributed by atoms with E-state index in [0.717, 1.165) is 25.7 Å². The van der Waals surface area contributed by atoms with Crippen LogP contribution in [0.1, 0.15) is 79.1 Å². The van der Waals surface area contributed by atoms with E-state index in [4.69, 9.17) is 4.74 Å². The molecule has 0 amide bonds. The highest BCUT2D eigenvalue weighted by atomic mass is 16.6. The normalized spacial score (nSPS) is 45.1. The molecule has 0 saturated heterocycles. The van der Waals surface area contributed by atoms with Crippen LogP contribution in [0.5, 0.6) is 0 Å². The Labute approximate surface area is 179 Å². The third-order valence-corrected chi connectivity index (χ3v) is 9.50. The van der Waals surface area contributed by atoms with E-state index < -0.39 is 17.6 Å². The number of hydrogen-bond acceptors (Lipinski definition) is 5. The smallest absolute Gasteiger partial charge is 0.306 e. The molecular formula is C25H36O5. The van der Waals surface area contributed by atoms with Crippen LogP contribution in [0.2, 0.25) is 0 Å². The lowest BCUT2D eigenvalue weighted by Gasteiger charge is -2.57. The minimum atomic E-state index is -1.26. The second-order valence-corrected chi connectivity index (χ2v) is 10.7. The summed E-state index contributed by atoms with van der Waals surface area (Å²) in [6.07, 6.45) is 8.37. The standard InChI is InChI=1S/C25H36O5/c1-5-22(29)30-25(21(28)14-26)15(2)12-20-18-7-6-16-13-17(27)8-10-23(16,3)19(18)9-11-24(20,25)4/h9,15-16,18,20,26H,5-8,10-14H2,1-4H3/t15-,16+,18-,20+,23+,24+,25+/m1/s1. The van der Waals surface area contributed by atoms with E-state index in [1.807, 2.05) is 6.92 Å². The van der Waals surface area contributed by atoms with Crippen molar-refractivity contribution in [3.8, 4) is 0 Å². The number of hydrogen-bond donors (Lipinski definition) is 1. The second-order valence-electron chi connectivity index (χ2n) is 10.7. The second kappa shape index (κ2) is 7.29. The molecule has 0 unspecified atom stereocenters. The minimum absolute atomic E-state index is 0.0632. The monoisotopic (exact) mass is 416 g/mol. The van der Waals surface area contributed by atoms with Gasteiger partial charge in [-0.05, 0) is 55.3 Å². The third kappa shape index (κ3) is 2.73. The Morgan fingerprint density at radius 1 is 1.27 bits per heavy atom. The zero-order valence-electron chi connectivity index (χ0n) is 18.8. The number of esters is 1. The molecule has 0 aromatic carbocycles. The van der Waals surface area contributed by atoms with Crippen molar-refractivity contribution >= 4 is 17.5 Å². The number of ether oxygens (including phenoxy) is 1. The summed E-state index contributed by atoms with van der Waals surface area (Å²) in [4.78, 5) is 37.7. The fraction of sp³-hybridized carbons (Fsp3) is 0.800. The Morgan fingerprint density at radius 2 is 2.00 bits per heavy atom. The van der Waals surface area contributed by atoms with E-state index in [-0.39, 0.29) is 35.4 Å². The zero-order valence-corrected chi connectivity index (χ0v) is 18.8. The minimum Gasteiger partial charge on any atom is -0.450 e. The van der Waals surface area contributed by atoms with Gasteiger partial charge in [0.2, 0.25) is 5.78 Å². The van der Waals surface area contributed by atoms with Gasteiger partial charge in [0.05, 0.1) is 0 Å². The number of Topliss-reactive ketones (excluding diaryl/α,β-unsaturated/α-hetero) is 2. The summed E-state index contributed by atoms with van der Waals surface area (Å²) >= 11 is 0. The molecule has 4 aliphatic carbocycles. The molecule has 0 heterocycles. The van der Waals surface area contributed by atoms with E-state index >= 15 is 0 Å². The summed E-state index contributed by atoms with van der Waals surface area (Å²) in [5.41, 5.74) is -0.232. The number of rotatable bonds is 4. The Kier molecular flexibility index (Phi) is 5.28. The number of aliphatic hydroxyl groups is 1. The molecule has 0 aromatic heterocycles. The van der Waals surface area contributed by atoms with Gasteiger partial charge < -0.3 is 9.84 Å². The van der Waals surface area contributed by atoms with Gasteiger partial charge in [-0.25, -0.2) is 0 Å². The maximum absolute atomic E-state index is 13.2. The molecule has 0 radical (unpaired) electrons. The highest BCUT2D eigenvalue weighted by Gasteiger charge is 2.70. The Bertz CT molecular complexity index is 799. The van der Waals surface area contributed by atoms with Gasteiger partial charge in [-0.2, -0.15) is 0 Å². The molecule has 0 bridgehead atoms. The van der Waals surface area contributed by atoms with Crippen LogP contribution in [0.25, 0.3) is 0 Å². The number of carbonyl (C=O) groups is 3. The van der Waals surface area contributed by atoms with Crippen LogP contribution in [0, 0.1) is 34.5 Å². The topological polar surface area (TPSA) is 80.7 Å². The van der Waals surface area contributed by atoms with Crippen molar-refractivity contribution in [1.29, 1.82) is 0 Å². The van der Waals surface area contributed by atoms with Crippen molar-refractivity contribution in [2.45, 2.75) is 84.7 Å². The van der Waals surface area contributed by atoms with Gasteiger partial charge in [-0.3, -0.25) is 14.4 Å². The number of fused-ring (bicyclic) bond motifs is 5. The third-order valence-electron chi connectivity index (χ3n) is 9.50. The molecule has 4 aliphatic rings. The van der Waals surface area contributed by atoms with Crippen LogP contribution >= 0.6 is 0 Å². The molecule has 5 heteroatoms. The first-order valence-electron chi connectivity index (χ1n) is 11.7. The predicted molar refractivity (Wildman–Crippen MR) is 112 cm³/mol. The molecule has 4 rings (SSSR count). The van der Waals surface area contributed by atoms with Crippen molar-refractivity contribution in [2.24, 2.45) is 34.5 Å². The van der Waals surface area contributed by atoms with Crippen LogP contribution in [0.3, 0.4) is 0 Å². The summed E-state index contributed by atoms with van der Waals surface area (Å²) in [5.74, 6) is 0.548. The van der Waals surface area contributed by atoms with Crippen molar-refractivity contribution in [3.63, 3.8) is 0 Å². The van der Waals surface area contributed by atoms with Crippen LogP contribution in [-0.2, 0) is 19.1 Å².